The lowest BCUT2D eigenvalue weighted by Gasteiger charge is -2.16. The average Bonchev–Trinajstić information content (AvgIpc) is 2.41. The molecule has 4 unspecified atom stereocenters. The molecule has 0 spiro atoms. The van der Waals surface area contributed by atoms with Gasteiger partial charge in [-0.1, -0.05) is 6.92 Å². The predicted octanol–water partition coefficient (Wildman–Crippen LogP) is 2.42. The van der Waals surface area contributed by atoms with Crippen LogP contribution in [0.1, 0.15) is 40.5 Å². The summed E-state index contributed by atoms with van der Waals surface area (Å²) in [7, 11) is 0. The van der Waals surface area contributed by atoms with E-state index in [2.05, 4.69) is 18.8 Å². The average molecular weight is 208 g/mol. The lowest BCUT2D eigenvalue weighted by Crippen LogP contribution is -2.26. The summed E-state index contributed by atoms with van der Waals surface area (Å²) in [6.45, 7) is 7.94. The molecule has 2 nitrogen and oxygen atoms in total. The van der Waals surface area contributed by atoms with Gasteiger partial charge in [0.05, 0.1) is 12.2 Å². The molecule has 2 heteroatoms. The third-order valence-corrected chi connectivity index (χ3v) is 3.29. The van der Waals surface area contributed by atoms with Gasteiger partial charge in [0.25, 0.3) is 0 Å². The van der Waals surface area contributed by atoms with E-state index in [0.717, 1.165) is 0 Å². The summed E-state index contributed by atoms with van der Waals surface area (Å²) in [6, 6.07) is 0. The minimum Gasteiger partial charge on any atom is -0.375 e. The summed E-state index contributed by atoms with van der Waals surface area (Å²) in [4.78, 5) is 11.9. The van der Waals surface area contributed by atoms with E-state index in [0.29, 0.717) is 24.5 Å². The van der Waals surface area contributed by atoms with Crippen molar-refractivity contribution in [1.29, 1.82) is 0 Å². The van der Waals surface area contributed by atoms with Gasteiger partial charge in [-0.25, -0.2) is 0 Å². The van der Waals surface area contributed by atoms with Crippen molar-refractivity contribution >= 4 is 5.78 Å². The second-order valence-corrected chi connectivity index (χ2v) is 4.32. The number of ether oxygens (including phenoxy) is 1. The fourth-order valence-corrected chi connectivity index (χ4v) is 2.30. The molecule has 0 saturated carbocycles. The van der Waals surface area contributed by atoms with Crippen LogP contribution in [0.3, 0.4) is 0 Å². The topological polar surface area (TPSA) is 26.3 Å². The minimum absolute atomic E-state index is 0.0667. The molecule has 1 saturated heterocycles. The summed E-state index contributed by atoms with van der Waals surface area (Å²) >= 11 is 0. The van der Waals surface area contributed by atoms with Gasteiger partial charge in [0.15, 0.2) is 0 Å². The van der Waals surface area contributed by atoms with Crippen molar-refractivity contribution in [3.05, 3.63) is 0 Å². The lowest BCUT2D eigenvalue weighted by molar-refractivity contribution is -0.124. The van der Waals surface area contributed by atoms with Crippen molar-refractivity contribution in [1.82, 2.24) is 0 Å². The SMILES string of the molecule is CC#CCCC(=O)C1C(C)OC(C)C1C. The van der Waals surface area contributed by atoms with E-state index < -0.39 is 0 Å². The highest BCUT2D eigenvalue weighted by atomic mass is 16.5. The van der Waals surface area contributed by atoms with Crippen LogP contribution in [0.2, 0.25) is 0 Å². The zero-order valence-electron chi connectivity index (χ0n) is 10.0. The second-order valence-electron chi connectivity index (χ2n) is 4.32. The molecular weight excluding hydrogens is 188 g/mol. The monoisotopic (exact) mass is 208 g/mol. The van der Waals surface area contributed by atoms with Crippen LogP contribution in [0.4, 0.5) is 0 Å². The normalized spacial score (nSPS) is 34.7. The smallest absolute Gasteiger partial charge is 0.139 e. The van der Waals surface area contributed by atoms with Crippen LogP contribution < -0.4 is 0 Å². The van der Waals surface area contributed by atoms with E-state index in [4.69, 9.17) is 4.74 Å². The first kappa shape index (κ1) is 12.3. The number of ketones is 1. The number of rotatable bonds is 3. The fourth-order valence-electron chi connectivity index (χ4n) is 2.30. The number of hydrogen-bond acceptors (Lipinski definition) is 2. The Morgan fingerprint density at radius 2 is 1.93 bits per heavy atom. The van der Waals surface area contributed by atoms with Crippen LogP contribution in [0, 0.1) is 23.7 Å². The first-order chi connectivity index (χ1) is 7.07. The first-order valence-electron chi connectivity index (χ1n) is 5.65. The van der Waals surface area contributed by atoms with Crippen molar-refractivity contribution in [3.8, 4) is 11.8 Å². The zero-order chi connectivity index (χ0) is 11.4. The van der Waals surface area contributed by atoms with Crippen LogP contribution >= 0.6 is 0 Å². The molecule has 1 fully saturated rings. The van der Waals surface area contributed by atoms with Gasteiger partial charge in [0, 0.05) is 18.8 Å². The van der Waals surface area contributed by atoms with Crippen LogP contribution in [0.25, 0.3) is 0 Å². The van der Waals surface area contributed by atoms with E-state index in [1.807, 2.05) is 13.8 Å². The number of carbonyl (C=O) groups excluding carboxylic acids is 1. The van der Waals surface area contributed by atoms with Crippen LogP contribution in [0.5, 0.6) is 0 Å². The lowest BCUT2D eigenvalue weighted by atomic mass is 9.84. The summed E-state index contributed by atoms with van der Waals surface area (Å²) in [5, 5.41) is 0. The van der Waals surface area contributed by atoms with Gasteiger partial charge < -0.3 is 4.74 Å². The highest BCUT2D eigenvalue weighted by Gasteiger charge is 2.40. The maximum atomic E-state index is 11.9. The van der Waals surface area contributed by atoms with Crippen LogP contribution in [-0.2, 0) is 9.53 Å². The number of carbonyl (C=O) groups is 1. The highest BCUT2D eigenvalue weighted by Crippen LogP contribution is 2.33. The maximum absolute atomic E-state index is 11.9. The molecule has 0 bridgehead atoms. The molecule has 84 valence electrons. The van der Waals surface area contributed by atoms with Gasteiger partial charge in [-0.2, -0.15) is 0 Å². The van der Waals surface area contributed by atoms with Crippen molar-refractivity contribution in [3.63, 3.8) is 0 Å². The molecule has 0 N–H and O–H groups in total. The van der Waals surface area contributed by atoms with Crippen LogP contribution in [0.15, 0.2) is 0 Å². The van der Waals surface area contributed by atoms with Gasteiger partial charge >= 0.3 is 0 Å². The highest BCUT2D eigenvalue weighted by molar-refractivity contribution is 5.82. The van der Waals surface area contributed by atoms with E-state index in [1.165, 1.54) is 0 Å². The molecule has 15 heavy (non-hydrogen) atoms. The summed E-state index contributed by atoms with van der Waals surface area (Å²) in [5.41, 5.74) is 0. The molecule has 1 rings (SSSR count). The van der Waals surface area contributed by atoms with Gasteiger partial charge in [-0.3, -0.25) is 4.79 Å². The molecular formula is C13H20O2. The molecule has 1 aliphatic heterocycles. The number of Topliss-reactive ketones (excluding diaryl/α,β-unsaturated/α-hetero) is 1. The second kappa shape index (κ2) is 5.32. The van der Waals surface area contributed by atoms with Gasteiger partial charge in [0.2, 0.25) is 0 Å². The summed E-state index contributed by atoms with van der Waals surface area (Å²) in [6.07, 6.45) is 1.51. The standard InChI is InChI=1S/C13H20O2/c1-5-6-7-8-12(14)13-9(2)10(3)15-11(13)4/h9-11,13H,7-8H2,1-4H3. The van der Waals surface area contributed by atoms with Crippen LogP contribution in [-0.4, -0.2) is 18.0 Å². The Labute approximate surface area is 92.4 Å². The Hall–Kier alpha value is -0.810. The Morgan fingerprint density at radius 3 is 2.40 bits per heavy atom. The van der Waals surface area contributed by atoms with E-state index in [1.54, 1.807) is 6.92 Å². The van der Waals surface area contributed by atoms with Gasteiger partial charge in [0.1, 0.15) is 5.78 Å². The first-order valence-corrected chi connectivity index (χ1v) is 5.65. The Morgan fingerprint density at radius 1 is 1.27 bits per heavy atom. The molecule has 4 atom stereocenters. The third-order valence-electron chi connectivity index (χ3n) is 3.29. The third kappa shape index (κ3) is 2.82. The molecule has 1 heterocycles. The largest absolute Gasteiger partial charge is 0.375 e. The molecule has 0 radical (unpaired) electrons. The van der Waals surface area contributed by atoms with Crippen molar-refractivity contribution in [2.24, 2.45) is 11.8 Å². The summed E-state index contributed by atoms with van der Waals surface area (Å²) < 4.78 is 5.66. The fraction of sp³-hybridized carbons (Fsp3) is 0.769. The minimum atomic E-state index is 0.0667. The zero-order valence-corrected chi connectivity index (χ0v) is 10.0. The predicted molar refractivity (Wildman–Crippen MR) is 60.4 cm³/mol. The van der Waals surface area contributed by atoms with E-state index in [9.17, 15) is 4.79 Å². The molecule has 0 aromatic heterocycles. The van der Waals surface area contributed by atoms with Crippen molar-refractivity contribution in [2.45, 2.75) is 52.7 Å². The van der Waals surface area contributed by atoms with E-state index in [-0.39, 0.29) is 18.1 Å². The molecule has 0 aromatic carbocycles. The molecule has 0 aromatic rings. The van der Waals surface area contributed by atoms with E-state index >= 15 is 0 Å². The quantitative estimate of drug-likeness (QED) is 0.666. The van der Waals surface area contributed by atoms with Crippen molar-refractivity contribution in [2.75, 3.05) is 0 Å². The molecule has 0 amide bonds. The van der Waals surface area contributed by atoms with Gasteiger partial charge in [-0.15, -0.1) is 11.8 Å². The molecule has 0 aliphatic carbocycles. The molecule has 1 aliphatic rings. The summed E-state index contributed by atoms with van der Waals surface area (Å²) in [5.74, 6) is 6.45. The Bertz CT molecular complexity index is 285. The Kier molecular flexibility index (Phi) is 4.35. The number of hydrogen-bond donors (Lipinski definition) is 0. The Balaban J connectivity index is 2.54. The maximum Gasteiger partial charge on any atom is 0.139 e. The van der Waals surface area contributed by atoms with Gasteiger partial charge in [-0.05, 0) is 26.7 Å². The van der Waals surface area contributed by atoms with Crippen molar-refractivity contribution < 1.29 is 9.53 Å².